The maximum atomic E-state index is 12.1. The van der Waals surface area contributed by atoms with Crippen molar-refractivity contribution in [3.8, 4) is 0 Å². The van der Waals surface area contributed by atoms with E-state index in [2.05, 4.69) is 4.74 Å². The van der Waals surface area contributed by atoms with Gasteiger partial charge in [0.15, 0.2) is 5.78 Å². The number of benzene rings is 1. The van der Waals surface area contributed by atoms with E-state index in [1.165, 1.54) is 12.0 Å². The van der Waals surface area contributed by atoms with Crippen LogP contribution in [-0.2, 0) is 25.5 Å². The van der Waals surface area contributed by atoms with Crippen molar-refractivity contribution in [2.24, 2.45) is 5.92 Å². The number of nitrogens with zero attached hydrogens (tertiary/aromatic N) is 1. The highest BCUT2D eigenvalue weighted by Crippen LogP contribution is 2.19. The largest absolute Gasteiger partial charge is 0.468 e. The fourth-order valence-electron chi connectivity index (χ4n) is 2.14. The number of amides is 1. The summed E-state index contributed by atoms with van der Waals surface area (Å²) in [7, 11) is 1.23. The van der Waals surface area contributed by atoms with Crippen LogP contribution in [0.25, 0.3) is 0 Å². The third kappa shape index (κ3) is 2.99. The van der Waals surface area contributed by atoms with E-state index < -0.39 is 11.9 Å². The average Bonchev–Trinajstić information content (AvgIpc) is 2.82. The van der Waals surface area contributed by atoms with Crippen LogP contribution in [0.5, 0.6) is 0 Å². The van der Waals surface area contributed by atoms with E-state index in [4.69, 9.17) is 11.6 Å². The van der Waals surface area contributed by atoms with Crippen molar-refractivity contribution in [1.29, 1.82) is 0 Å². The number of hydrogen-bond acceptors (Lipinski definition) is 4. The quantitative estimate of drug-likeness (QED) is 0.618. The number of rotatable bonds is 3. The highest BCUT2D eigenvalue weighted by atomic mass is 35.5. The summed E-state index contributed by atoms with van der Waals surface area (Å²) in [6, 6.07) is 7.04. The zero-order chi connectivity index (χ0) is 14.7. The Morgan fingerprint density at radius 1 is 1.40 bits per heavy atom. The van der Waals surface area contributed by atoms with Gasteiger partial charge in [-0.2, -0.15) is 0 Å². The molecule has 1 amide bonds. The van der Waals surface area contributed by atoms with E-state index in [1.807, 2.05) is 0 Å². The van der Waals surface area contributed by atoms with Crippen LogP contribution in [0.2, 0.25) is 5.02 Å². The number of halogens is 1. The summed E-state index contributed by atoms with van der Waals surface area (Å²) in [6.45, 7) is 0.0256. The second-order valence-corrected chi connectivity index (χ2v) is 4.99. The second-order valence-electron chi connectivity index (χ2n) is 4.58. The molecule has 0 radical (unpaired) electrons. The summed E-state index contributed by atoms with van der Waals surface area (Å²) < 4.78 is 4.55. The molecule has 6 heteroatoms. The topological polar surface area (TPSA) is 63.7 Å². The van der Waals surface area contributed by atoms with Crippen LogP contribution in [-0.4, -0.2) is 42.8 Å². The SMILES string of the molecule is COC(=O)C1CN(C(=O)Cc2ccccc2Cl)CC1=O. The minimum atomic E-state index is -0.866. The second kappa shape index (κ2) is 6.05. The van der Waals surface area contributed by atoms with Gasteiger partial charge in [0.05, 0.1) is 20.1 Å². The molecule has 1 aliphatic rings. The molecule has 0 aliphatic carbocycles. The Morgan fingerprint density at radius 3 is 2.75 bits per heavy atom. The highest BCUT2D eigenvalue weighted by molar-refractivity contribution is 6.31. The monoisotopic (exact) mass is 295 g/mol. The van der Waals surface area contributed by atoms with Crippen LogP contribution in [0.15, 0.2) is 24.3 Å². The first-order chi connectivity index (χ1) is 9.52. The Kier molecular flexibility index (Phi) is 4.39. The van der Waals surface area contributed by atoms with Crippen LogP contribution in [0, 0.1) is 5.92 Å². The molecule has 0 aromatic heterocycles. The van der Waals surface area contributed by atoms with Gasteiger partial charge in [-0.3, -0.25) is 14.4 Å². The fourth-order valence-corrected chi connectivity index (χ4v) is 2.34. The highest BCUT2D eigenvalue weighted by Gasteiger charge is 2.38. The van der Waals surface area contributed by atoms with Gasteiger partial charge in [-0.25, -0.2) is 0 Å². The van der Waals surface area contributed by atoms with E-state index >= 15 is 0 Å². The third-order valence-corrected chi connectivity index (χ3v) is 3.64. The molecule has 1 atom stereocenters. The van der Waals surface area contributed by atoms with Gasteiger partial charge >= 0.3 is 5.97 Å². The minimum Gasteiger partial charge on any atom is -0.468 e. The number of carbonyl (C=O) groups is 3. The molecule has 106 valence electrons. The first-order valence-electron chi connectivity index (χ1n) is 6.14. The molecule has 0 spiro atoms. The molecule has 0 saturated carbocycles. The van der Waals surface area contributed by atoms with Crippen molar-refractivity contribution < 1.29 is 19.1 Å². The van der Waals surface area contributed by atoms with Gasteiger partial charge in [0, 0.05) is 11.6 Å². The molecule has 1 unspecified atom stereocenters. The lowest BCUT2D eigenvalue weighted by molar-refractivity contribution is -0.147. The van der Waals surface area contributed by atoms with Gasteiger partial charge in [0.25, 0.3) is 0 Å². The average molecular weight is 296 g/mol. The van der Waals surface area contributed by atoms with Crippen LogP contribution in [0.1, 0.15) is 5.56 Å². The molecular formula is C14H14ClNO4. The van der Waals surface area contributed by atoms with Gasteiger partial charge in [0.1, 0.15) is 5.92 Å². The molecular weight excluding hydrogens is 282 g/mol. The number of ketones is 1. The standard InChI is InChI=1S/C14H14ClNO4/c1-20-14(19)10-7-16(8-12(10)17)13(18)6-9-4-2-3-5-11(9)15/h2-5,10H,6-8H2,1H3. The Morgan fingerprint density at radius 2 is 2.10 bits per heavy atom. The van der Waals surface area contributed by atoms with Gasteiger partial charge in [-0.15, -0.1) is 0 Å². The lowest BCUT2D eigenvalue weighted by Gasteiger charge is -2.15. The Hall–Kier alpha value is -1.88. The first-order valence-corrected chi connectivity index (χ1v) is 6.52. The molecule has 1 heterocycles. The van der Waals surface area contributed by atoms with E-state index in [-0.39, 0.29) is 31.2 Å². The normalized spacial score (nSPS) is 18.2. The van der Waals surface area contributed by atoms with Crippen molar-refractivity contribution in [1.82, 2.24) is 4.90 Å². The molecule has 5 nitrogen and oxygen atoms in total. The predicted octanol–water partition coefficient (Wildman–Crippen LogP) is 1.08. The summed E-state index contributed by atoms with van der Waals surface area (Å²) in [5, 5.41) is 0.510. The van der Waals surface area contributed by atoms with Crippen molar-refractivity contribution in [2.45, 2.75) is 6.42 Å². The van der Waals surface area contributed by atoms with Gasteiger partial charge in [0.2, 0.25) is 5.91 Å². The zero-order valence-electron chi connectivity index (χ0n) is 11.0. The number of hydrogen-bond donors (Lipinski definition) is 0. The van der Waals surface area contributed by atoms with Crippen LogP contribution >= 0.6 is 11.6 Å². The molecule has 0 bridgehead atoms. The van der Waals surface area contributed by atoms with Crippen LogP contribution < -0.4 is 0 Å². The Bertz CT molecular complexity index is 558. The molecule has 1 saturated heterocycles. The van der Waals surface area contributed by atoms with Crippen molar-refractivity contribution in [3.63, 3.8) is 0 Å². The zero-order valence-corrected chi connectivity index (χ0v) is 11.7. The van der Waals surface area contributed by atoms with E-state index in [0.717, 1.165) is 0 Å². The number of Topliss-reactive ketones (excluding diaryl/α,β-unsaturated/α-hetero) is 1. The fraction of sp³-hybridized carbons (Fsp3) is 0.357. The Balaban J connectivity index is 2.03. The lowest BCUT2D eigenvalue weighted by atomic mass is 10.1. The van der Waals surface area contributed by atoms with E-state index in [0.29, 0.717) is 10.6 Å². The summed E-state index contributed by atoms with van der Waals surface area (Å²) in [5.41, 5.74) is 0.702. The summed E-state index contributed by atoms with van der Waals surface area (Å²) in [5.74, 6) is -1.97. The number of likely N-dealkylation sites (tertiary alicyclic amines) is 1. The van der Waals surface area contributed by atoms with Gasteiger partial charge < -0.3 is 9.64 Å². The molecule has 20 heavy (non-hydrogen) atoms. The molecule has 1 fully saturated rings. The molecule has 1 aliphatic heterocycles. The summed E-state index contributed by atoms with van der Waals surface area (Å²) in [6.07, 6.45) is 0.112. The van der Waals surface area contributed by atoms with Gasteiger partial charge in [-0.1, -0.05) is 29.8 Å². The van der Waals surface area contributed by atoms with E-state index in [9.17, 15) is 14.4 Å². The minimum absolute atomic E-state index is 0.0525. The number of carbonyl (C=O) groups excluding carboxylic acids is 3. The molecule has 0 N–H and O–H groups in total. The summed E-state index contributed by atoms with van der Waals surface area (Å²) >= 11 is 5.99. The van der Waals surface area contributed by atoms with Gasteiger partial charge in [-0.05, 0) is 11.6 Å². The van der Waals surface area contributed by atoms with Crippen molar-refractivity contribution in [3.05, 3.63) is 34.9 Å². The molecule has 1 aromatic carbocycles. The Labute approximate surface area is 121 Å². The van der Waals surface area contributed by atoms with Crippen molar-refractivity contribution >= 4 is 29.3 Å². The van der Waals surface area contributed by atoms with Crippen molar-refractivity contribution in [2.75, 3.05) is 20.2 Å². The number of ether oxygens (including phenoxy) is 1. The summed E-state index contributed by atoms with van der Waals surface area (Å²) in [4.78, 5) is 36.6. The number of esters is 1. The van der Waals surface area contributed by atoms with Crippen LogP contribution in [0.4, 0.5) is 0 Å². The maximum absolute atomic E-state index is 12.1. The number of methoxy groups -OCH3 is 1. The smallest absolute Gasteiger partial charge is 0.318 e. The van der Waals surface area contributed by atoms with Crippen LogP contribution in [0.3, 0.4) is 0 Å². The van der Waals surface area contributed by atoms with E-state index in [1.54, 1.807) is 24.3 Å². The molecule has 2 rings (SSSR count). The first kappa shape index (κ1) is 14.5. The molecule has 1 aromatic rings. The predicted molar refractivity (Wildman–Crippen MR) is 72.2 cm³/mol. The lowest BCUT2D eigenvalue weighted by Crippen LogP contribution is -2.31. The third-order valence-electron chi connectivity index (χ3n) is 3.28. The maximum Gasteiger partial charge on any atom is 0.318 e.